The second kappa shape index (κ2) is 11.3. The lowest BCUT2D eigenvalue weighted by atomic mass is 10.2. The van der Waals surface area contributed by atoms with Crippen molar-refractivity contribution >= 4 is 69.4 Å². The highest BCUT2D eigenvalue weighted by atomic mass is 35.5. The molecular weight excluding hydrogens is 511 g/mol. The standard InChI is InChI=1S/C26H21Cl3N2O2S/c1-2-13-31-25(32)24(34-26(31)30-21-9-7-19(27)8-10-21)14-17-3-11-22(12-4-17)33-16-18-5-6-20(28)15-23(18)29/h3-12,14-15H,2,13,16H2,1H3/b24-14-,30-26?. The number of hydrogen-bond donors (Lipinski definition) is 0. The van der Waals surface area contributed by atoms with Crippen LogP contribution in [0.5, 0.6) is 5.75 Å². The fourth-order valence-electron chi connectivity index (χ4n) is 3.25. The number of ether oxygens (including phenoxy) is 1. The predicted molar refractivity (Wildman–Crippen MR) is 143 cm³/mol. The molecule has 0 atom stereocenters. The van der Waals surface area contributed by atoms with E-state index < -0.39 is 0 Å². The van der Waals surface area contributed by atoms with Gasteiger partial charge in [0.15, 0.2) is 5.17 Å². The Kier molecular flexibility index (Phi) is 8.22. The van der Waals surface area contributed by atoms with E-state index in [9.17, 15) is 4.79 Å². The second-order valence-corrected chi connectivity index (χ2v) is 9.82. The number of amides is 1. The smallest absolute Gasteiger partial charge is 0.266 e. The summed E-state index contributed by atoms with van der Waals surface area (Å²) < 4.78 is 5.84. The fraction of sp³-hybridized carbons (Fsp3) is 0.154. The number of rotatable bonds is 7. The van der Waals surface area contributed by atoms with Crippen molar-refractivity contribution in [2.24, 2.45) is 4.99 Å². The molecule has 0 N–H and O–H groups in total. The molecule has 3 aromatic rings. The number of thioether (sulfide) groups is 1. The lowest BCUT2D eigenvalue weighted by Gasteiger charge is -2.13. The molecule has 34 heavy (non-hydrogen) atoms. The molecule has 1 aliphatic heterocycles. The summed E-state index contributed by atoms with van der Waals surface area (Å²) in [7, 11) is 0. The lowest BCUT2D eigenvalue weighted by Crippen LogP contribution is -2.29. The van der Waals surface area contributed by atoms with Gasteiger partial charge in [-0.25, -0.2) is 4.99 Å². The van der Waals surface area contributed by atoms with E-state index in [1.54, 1.807) is 29.2 Å². The van der Waals surface area contributed by atoms with Gasteiger partial charge in [0.05, 0.1) is 10.6 Å². The van der Waals surface area contributed by atoms with Crippen LogP contribution in [0.1, 0.15) is 24.5 Å². The lowest BCUT2D eigenvalue weighted by molar-refractivity contribution is -0.122. The molecule has 1 aliphatic rings. The summed E-state index contributed by atoms with van der Waals surface area (Å²) in [6.45, 7) is 2.98. The average Bonchev–Trinajstić information content (AvgIpc) is 3.10. The summed E-state index contributed by atoms with van der Waals surface area (Å²) in [5.41, 5.74) is 2.51. The third-order valence-electron chi connectivity index (χ3n) is 4.97. The van der Waals surface area contributed by atoms with Crippen LogP contribution < -0.4 is 4.74 Å². The first-order valence-corrected chi connectivity index (χ1v) is 12.6. The molecule has 0 unspecified atom stereocenters. The van der Waals surface area contributed by atoms with Gasteiger partial charge in [-0.3, -0.25) is 9.69 Å². The van der Waals surface area contributed by atoms with Crippen molar-refractivity contribution < 1.29 is 9.53 Å². The van der Waals surface area contributed by atoms with Crippen LogP contribution in [-0.2, 0) is 11.4 Å². The molecule has 1 saturated heterocycles. The monoisotopic (exact) mass is 530 g/mol. The highest BCUT2D eigenvalue weighted by Crippen LogP contribution is 2.34. The highest BCUT2D eigenvalue weighted by Gasteiger charge is 2.32. The maximum Gasteiger partial charge on any atom is 0.266 e. The molecule has 1 fully saturated rings. The van der Waals surface area contributed by atoms with Gasteiger partial charge in [0.2, 0.25) is 0 Å². The average molecular weight is 532 g/mol. The zero-order valence-electron chi connectivity index (χ0n) is 18.3. The van der Waals surface area contributed by atoms with Crippen molar-refractivity contribution in [1.82, 2.24) is 4.90 Å². The second-order valence-electron chi connectivity index (χ2n) is 7.53. The van der Waals surface area contributed by atoms with Gasteiger partial charge in [-0.05, 0) is 78.4 Å². The van der Waals surface area contributed by atoms with Gasteiger partial charge in [-0.15, -0.1) is 0 Å². The van der Waals surface area contributed by atoms with Crippen molar-refractivity contribution in [3.63, 3.8) is 0 Å². The number of carbonyl (C=O) groups excluding carboxylic acids is 1. The van der Waals surface area contributed by atoms with Gasteiger partial charge >= 0.3 is 0 Å². The van der Waals surface area contributed by atoms with Crippen molar-refractivity contribution in [1.29, 1.82) is 0 Å². The summed E-state index contributed by atoms with van der Waals surface area (Å²) in [4.78, 5) is 20.0. The minimum absolute atomic E-state index is 0.0442. The van der Waals surface area contributed by atoms with Crippen LogP contribution >= 0.6 is 46.6 Å². The molecule has 0 aromatic heterocycles. The van der Waals surface area contributed by atoms with E-state index in [2.05, 4.69) is 4.99 Å². The molecule has 1 heterocycles. The molecular formula is C26H21Cl3N2O2S. The van der Waals surface area contributed by atoms with Crippen LogP contribution in [0.25, 0.3) is 6.08 Å². The number of carbonyl (C=O) groups is 1. The third-order valence-corrected chi connectivity index (χ3v) is 6.82. The maximum absolute atomic E-state index is 13.0. The minimum atomic E-state index is -0.0442. The maximum atomic E-state index is 13.0. The van der Waals surface area contributed by atoms with Gasteiger partial charge in [0.25, 0.3) is 5.91 Å². The SMILES string of the molecule is CCCN1C(=O)/C(=C/c2ccc(OCc3ccc(Cl)cc3Cl)cc2)SC1=Nc1ccc(Cl)cc1. The Morgan fingerprint density at radius 2 is 1.68 bits per heavy atom. The number of amidine groups is 1. The first kappa shape index (κ1) is 24.7. The molecule has 1 amide bonds. The van der Waals surface area contributed by atoms with E-state index in [1.165, 1.54) is 11.8 Å². The van der Waals surface area contributed by atoms with Crippen LogP contribution in [0.15, 0.2) is 76.6 Å². The molecule has 4 rings (SSSR count). The van der Waals surface area contributed by atoms with Crippen LogP contribution in [0.3, 0.4) is 0 Å². The van der Waals surface area contributed by atoms with Crippen LogP contribution in [-0.4, -0.2) is 22.5 Å². The summed E-state index contributed by atoms with van der Waals surface area (Å²) in [6.07, 6.45) is 2.71. The minimum Gasteiger partial charge on any atom is -0.489 e. The third kappa shape index (κ3) is 6.16. The summed E-state index contributed by atoms with van der Waals surface area (Å²) in [5.74, 6) is 0.661. The topological polar surface area (TPSA) is 41.9 Å². The van der Waals surface area contributed by atoms with Crippen molar-refractivity contribution in [3.05, 3.63) is 97.8 Å². The molecule has 8 heteroatoms. The van der Waals surface area contributed by atoms with E-state index in [0.717, 1.165) is 23.2 Å². The number of benzene rings is 3. The zero-order valence-corrected chi connectivity index (χ0v) is 21.4. The van der Waals surface area contributed by atoms with Gasteiger partial charge in [-0.1, -0.05) is 59.9 Å². The molecule has 0 bridgehead atoms. The molecule has 0 radical (unpaired) electrons. The number of hydrogen-bond acceptors (Lipinski definition) is 4. The van der Waals surface area contributed by atoms with Crippen molar-refractivity contribution in [2.75, 3.05) is 6.54 Å². The first-order valence-electron chi connectivity index (χ1n) is 10.7. The van der Waals surface area contributed by atoms with E-state index >= 15 is 0 Å². The zero-order chi connectivity index (χ0) is 24.1. The van der Waals surface area contributed by atoms with E-state index in [0.29, 0.717) is 44.0 Å². The van der Waals surface area contributed by atoms with E-state index in [4.69, 9.17) is 39.5 Å². The quantitative estimate of drug-likeness (QED) is 0.288. The van der Waals surface area contributed by atoms with Crippen LogP contribution in [0.2, 0.25) is 15.1 Å². The van der Waals surface area contributed by atoms with Crippen LogP contribution in [0.4, 0.5) is 5.69 Å². The Bertz CT molecular complexity index is 1240. The molecule has 3 aromatic carbocycles. The van der Waals surface area contributed by atoms with Crippen molar-refractivity contribution in [2.45, 2.75) is 20.0 Å². The van der Waals surface area contributed by atoms with E-state index in [-0.39, 0.29) is 5.91 Å². The number of nitrogens with zero attached hydrogens (tertiary/aromatic N) is 2. The Labute approximate surface area is 218 Å². The van der Waals surface area contributed by atoms with Gasteiger partial charge in [0, 0.05) is 27.2 Å². The Morgan fingerprint density at radius 3 is 2.35 bits per heavy atom. The molecule has 174 valence electrons. The Balaban J connectivity index is 1.48. The number of aliphatic imine (C=N–C) groups is 1. The van der Waals surface area contributed by atoms with Gasteiger partial charge < -0.3 is 4.74 Å². The molecule has 4 nitrogen and oxygen atoms in total. The van der Waals surface area contributed by atoms with E-state index in [1.807, 2.05) is 55.5 Å². The Hall–Kier alpha value is -2.44. The number of halogens is 3. The molecule has 0 aliphatic carbocycles. The summed E-state index contributed by atoms with van der Waals surface area (Å²) in [6, 6.07) is 20.1. The molecule has 0 saturated carbocycles. The normalized spacial score (nSPS) is 16.0. The first-order chi connectivity index (χ1) is 16.4. The predicted octanol–water partition coefficient (Wildman–Crippen LogP) is 8.24. The van der Waals surface area contributed by atoms with Crippen LogP contribution in [0, 0.1) is 0 Å². The summed E-state index contributed by atoms with van der Waals surface area (Å²) in [5, 5.41) is 2.47. The molecule has 0 spiro atoms. The Morgan fingerprint density at radius 1 is 0.971 bits per heavy atom. The largest absolute Gasteiger partial charge is 0.489 e. The fourth-order valence-corrected chi connectivity index (χ4v) is 4.86. The van der Waals surface area contributed by atoms with Gasteiger partial charge in [-0.2, -0.15) is 0 Å². The van der Waals surface area contributed by atoms with Gasteiger partial charge in [0.1, 0.15) is 12.4 Å². The van der Waals surface area contributed by atoms with Crippen molar-refractivity contribution in [3.8, 4) is 5.75 Å². The highest BCUT2D eigenvalue weighted by molar-refractivity contribution is 8.18. The summed E-state index contributed by atoms with van der Waals surface area (Å²) >= 11 is 19.5.